The van der Waals surface area contributed by atoms with Crippen LogP contribution in [0.25, 0.3) is 0 Å². The highest BCUT2D eigenvalue weighted by molar-refractivity contribution is 5.23. The fraction of sp³-hybridized carbons (Fsp3) is 0.667. The molecule has 0 aliphatic carbocycles. The molecule has 0 N–H and O–H groups in total. The Kier molecular flexibility index (Phi) is 6.84. The van der Waals surface area contributed by atoms with Crippen molar-refractivity contribution in [3.05, 3.63) is 23.8 Å². The van der Waals surface area contributed by atoms with Gasteiger partial charge in [0.2, 0.25) is 0 Å². The zero-order chi connectivity index (χ0) is 9.40. The topological polar surface area (TPSA) is 0 Å². The van der Waals surface area contributed by atoms with E-state index < -0.39 is 0 Å². The van der Waals surface area contributed by atoms with Crippen LogP contribution in [0.2, 0.25) is 0 Å². The first kappa shape index (κ1) is 11.5. The van der Waals surface area contributed by atoms with E-state index in [0.29, 0.717) is 0 Å². The van der Waals surface area contributed by atoms with Crippen LogP contribution >= 0.6 is 0 Å². The standard InChI is InChI=1S/C12H22/c1-5-9-11(7-3)12(8-4)10-6-2/h7H,3,5-6,8-10H2,1-2,4H3/b12-11-. The van der Waals surface area contributed by atoms with E-state index in [1.54, 1.807) is 5.57 Å². The van der Waals surface area contributed by atoms with Crippen molar-refractivity contribution in [2.24, 2.45) is 0 Å². The van der Waals surface area contributed by atoms with E-state index in [1.165, 1.54) is 37.7 Å². The second kappa shape index (κ2) is 7.15. The zero-order valence-electron chi connectivity index (χ0n) is 8.82. The molecule has 0 heterocycles. The monoisotopic (exact) mass is 166 g/mol. The Labute approximate surface area is 77.4 Å². The van der Waals surface area contributed by atoms with Crippen molar-refractivity contribution in [3.63, 3.8) is 0 Å². The largest absolute Gasteiger partial charge is 0.0988 e. The molecule has 0 spiro atoms. The summed E-state index contributed by atoms with van der Waals surface area (Å²) in [6.07, 6.45) is 8.16. The number of rotatable bonds is 6. The molecule has 0 fully saturated rings. The minimum Gasteiger partial charge on any atom is -0.0988 e. The lowest BCUT2D eigenvalue weighted by atomic mass is 9.98. The van der Waals surface area contributed by atoms with Crippen molar-refractivity contribution in [2.45, 2.75) is 52.9 Å². The highest BCUT2D eigenvalue weighted by Crippen LogP contribution is 2.19. The average Bonchev–Trinajstić information content (AvgIpc) is 2.11. The first-order chi connectivity index (χ1) is 5.79. The molecule has 0 aliphatic rings. The summed E-state index contributed by atoms with van der Waals surface area (Å²) in [5, 5.41) is 0. The van der Waals surface area contributed by atoms with Gasteiger partial charge in [0, 0.05) is 0 Å². The molecule has 12 heavy (non-hydrogen) atoms. The second-order valence-corrected chi connectivity index (χ2v) is 3.19. The number of hydrogen-bond donors (Lipinski definition) is 0. The van der Waals surface area contributed by atoms with Gasteiger partial charge in [-0.05, 0) is 24.8 Å². The van der Waals surface area contributed by atoms with E-state index in [0.717, 1.165) is 0 Å². The van der Waals surface area contributed by atoms with Crippen LogP contribution in [0.3, 0.4) is 0 Å². The van der Waals surface area contributed by atoms with Crippen molar-refractivity contribution in [1.29, 1.82) is 0 Å². The molecule has 0 saturated heterocycles. The molecule has 0 saturated carbocycles. The van der Waals surface area contributed by atoms with E-state index in [-0.39, 0.29) is 0 Å². The van der Waals surface area contributed by atoms with E-state index in [9.17, 15) is 0 Å². The summed E-state index contributed by atoms with van der Waals surface area (Å²) in [5.74, 6) is 0. The summed E-state index contributed by atoms with van der Waals surface area (Å²) in [5.41, 5.74) is 3.09. The van der Waals surface area contributed by atoms with Gasteiger partial charge >= 0.3 is 0 Å². The summed E-state index contributed by atoms with van der Waals surface area (Å²) in [4.78, 5) is 0. The lowest BCUT2D eigenvalue weighted by Gasteiger charge is -2.08. The van der Waals surface area contributed by atoms with Crippen molar-refractivity contribution in [3.8, 4) is 0 Å². The molecule has 0 atom stereocenters. The lowest BCUT2D eigenvalue weighted by molar-refractivity contribution is 0.816. The third-order valence-corrected chi connectivity index (χ3v) is 2.20. The summed E-state index contributed by atoms with van der Waals surface area (Å²) in [6.45, 7) is 10.6. The van der Waals surface area contributed by atoms with Crippen LogP contribution in [0, 0.1) is 0 Å². The van der Waals surface area contributed by atoms with Gasteiger partial charge < -0.3 is 0 Å². The molecule has 0 unspecified atom stereocenters. The van der Waals surface area contributed by atoms with Gasteiger partial charge in [-0.1, -0.05) is 51.8 Å². The maximum Gasteiger partial charge on any atom is -0.0282 e. The second-order valence-electron chi connectivity index (χ2n) is 3.19. The van der Waals surface area contributed by atoms with Gasteiger partial charge in [-0.15, -0.1) is 0 Å². The van der Waals surface area contributed by atoms with E-state index in [1.807, 2.05) is 6.08 Å². The van der Waals surface area contributed by atoms with Crippen molar-refractivity contribution >= 4 is 0 Å². The van der Waals surface area contributed by atoms with Gasteiger partial charge in [0.15, 0.2) is 0 Å². The van der Waals surface area contributed by atoms with Crippen LogP contribution in [0.4, 0.5) is 0 Å². The van der Waals surface area contributed by atoms with Crippen molar-refractivity contribution in [2.75, 3.05) is 0 Å². The molecular weight excluding hydrogens is 144 g/mol. The third-order valence-electron chi connectivity index (χ3n) is 2.20. The van der Waals surface area contributed by atoms with Gasteiger partial charge in [-0.3, -0.25) is 0 Å². The van der Waals surface area contributed by atoms with Crippen molar-refractivity contribution in [1.82, 2.24) is 0 Å². The maximum absolute atomic E-state index is 3.87. The summed E-state index contributed by atoms with van der Waals surface area (Å²) >= 11 is 0. The minimum absolute atomic E-state index is 1.19. The fourth-order valence-electron chi connectivity index (χ4n) is 1.56. The van der Waals surface area contributed by atoms with Gasteiger partial charge in [0.05, 0.1) is 0 Å². The predicted octanol–water partition coefficient (Wildman–Crippen LogP) is 4.48. The predicted molar refractivity (Wildman–Crippen MR) is 57.3 cm³/mol. The van der Waals surface area contributed by atoms with Gasteiger partial charge in [-0.25, -0.2) is 0 Å². The Hall–Kier alpha value is -0.520. The van der Waals surface area contributed by atoms with Gasteiger partial charge in [0.25, 0.3) is 0 Å². The molecule has 0 aliphatic heterocycles. The first-order valence-electron chi connectivity index (χ1n) is 5.13. The lowest BCUT2D eigenvalue weighted by Crippen LogP contribution is -1.88. The fourth-order valence-corrected chi connectivity index (χ4v) is 1.56. The Morgan fingerprint density at radius 3 is 2.00 bits per heavy atom. The van der Waals surface area contributed by atoms with Crippen LogP contribution in [-0.2, 0) is 0 Å². The Morgan fingerprint density at radius 2 is 1.67 bits per heavy atom. The van der Waals surface area contributed by atoms with Crippen LogP contribution in [-0.4, -0.2) is 0 Å². The van der Waals surface area contributed by atoms with Gasteiger partial charge in [-0.2, -0.15) is 0 Å². The normalized spacial score (nSPS) is 12.6. The van der Waals surface area contributed by atoms with E-state index in [4.69, 9.17) is 0 Å². The van der Waals surface area contributed by atoms with Crippen LogP contribution in [0.15, 0.2) is 23.8 Å². The quantitative estimate of drug-likeness (QED) is 0.510. The molecule has 0 nitrogen and oxygen atoms in total. The molecule has 0 aromatic heterocycles. The smallest absolute Gasteiger partial charge is 0.0282 e. The molecule has 0 bridgehead atoms. The molecule has 0 heteroatoms. The third kappa shape index (κ3) is 3.75. The SMILES string of the molecule is C=C/C(CCC)=C(\CC)CCC. The van der Waals surface area contributed by atoms with Crippen LogP contribution in [0.1, 0.15) is 52.9 Å². The number of allylic oxidation sites excluding steroid dienone is 3. The maximum atomic E-state index is 3.87. The molecule has 0 amide bonds. The highest BCUT2D eigenvalue weighted by atomic mass is 14.1. The summed E-state index contributed by atoms with van der Waals surface area (Å²) in [7, 11) is 0. The van der Waals surface area contributed by atoms with E-state index >= 15 is 0 Å². The molecular formula is C12H22. The number of hydrogen-bond acceptors (Lipinski definition) is 0. The summed E-state index contributed by atoms with van der Waals surface area (Å²) in [6, 6.07) is 0. The summed E-state index contributed by atoms with van der Waals surface area (Å²) < 4.78 is 0. The van der Waals surface area contributed by atoms with Crippen LogP contribution < -0.4 is 0 Å². The molecule has 0 aromatic rings. The Bertz CT molecular complexity index is 151. The highest BCUT2D eigenvalue weighted by Gasteiger charge is 1.99. The first-order valence-corrected chi connectivity index (χ1v) is 5.13. The zero-order valence-corrected chi connectivity index (χ0v) is 8.82. The Balaban J connectivity index is 4.37. The van der Waals surface area contributed by atoms with Crippen molar-refractivity contribution < 1.29 is 0 Å². The van der Waals surface area contributed by atoms with Crippen LogP contribution in [0.5, 0.6) is 0 Å². The molecule has 0 aromatic carbocycles. The molecule has 0 radical (unpaired) electrons. The van der Waals surface area contributed by atoms with Gasteiger partial charge in [0.1, 0.15) is 0 Å². The molecule has 70 valence electrons. The Morgan fingerprint density at radius 1 is 1.08 bits per heavy atom. The average molecular weight is 166 g/mol. The molecule has 0 rings (SSSR count). The minimum atomic E-state index is 1.19. The van der Waals surface area contributed by atoms with E-state index in [2.05, 4.69) is 27.4 Å².